The van der Waals surface area contributed by atoms with Gasteiger partial charge >= 0.3 is 0 Å². The van der Waals surface area contributed by atoms with Crippen molar-refractivity contribution in [1.29, 1.82) is 0 Å². The van der Waals surface area contributed by atoms with Crippen LogP contribution in [0.1, 0.15) is 51.4 Å². The van der Waals surface area contributed by atoms with Gasteiger partial charge in [-0.3, -0.25) is 0 Å². The summed E-state index contributed by atoms with van der Waals surface area (Å²) in [4.78, 5) is 0. The predicted octanol–water partition coefficient (Wildman–Crippen LogP) is 5.27. The second kappa shape index (κ2) is 8.54. The number of benzene rings is 1. The van der Waals surface area contributed by atoms with Crippen LogP contribution in [0, 0.1) is 17.7 Å². The molecular weight excluding hydrogens is 314 g/mol. The molecule has 134 valence electrons. The summed E-state index contributed by atoms with van der Waals surface area (Å²) in [6, 6.07) is 3.17. The first kappa shape index (κ1) is 17.3. The van der Waals surface area contributed by atoms with Crippen LogP contribution in [0.2, 0.25) is 0 Å². The van der Waals surface area contributed by atoms with Gasteiger partial charge in [-0.15, -0.1) is 0 Å². The van der Waals surface area contributed by atoms with Gasteiger partial charge in [-0.25, -0.2) is 4.39 Å². The highest BCUT2D eigenvalue weighted by molar-refractivity contribution is 5.47. The van der Waals surface area contributed by atoms with Gasteiger partial charge in [0.15, 0.2) is 11.5 Å². The van der Waals surface area contributed by atoms with Crippen LogP contribution in [0.25, 0.3) is 0 Å². The first-order chi connectivity index (χ1) is 11.8. The molecule has 24 heavy (non-hydrogen) atoms. The van der Waals surface area contributed by atoms with E-state index in [9.17, 15) is 8.78 Å². The van der Waals surface area contributed by atoms with Crippen LogP contribution < -0.4 is 14.2 Å². The van der Waals surface area contributed by atoms with E-state index in [1.165, 1.54) is 25.7 Å². The topological polar surface area (TPSA) is 27.7 Å². The third-order valence-corrected chi connectivity index (χ3v) is 5.12. The summed E-state index contributed by atoms with van der Waals surface area (Å²) >= 11 is 0. The van der Waals surface area contributed by atoms with E-state index in [4.69, 9.17) is 14.2 Å². The lowest BCUT2D eigenvalue weighted by Crippen LogP contribution is -2.11. The molecule has 0 atom stereocenters. The van der Waals surface area contributed by atoms with Crippen molar-refractivity contribution < 1.29 is 23.0 Å². The minimum atomic E-state index is -1.09. The summed E-state index contributed by atoms with van der Waals surface area (Å²) < 4.78 is 43.4. The molecule has 2 saturated carbocycles. The van der Waals surface area contributed by atoms with Crippen LogP contribution in [0.5, 0.6) is 17.2 Å². The summed E-state index contributed by atoms with van der Waals surface area (Å²) in [5, 5.41) is 0. The Morgan fingerprint density at radius 1 is 0.792 bits per heavy atom. The van der Waals surface area contributed by atoms with Crippen molar-refractivity contribution >= 4 is 0 Å². The minimum Gasteiger partial charge on any atom is -0.490 e. The Bertz CT molecular complexity index is 524. The normalized spacial score (nSPS) is 18.9. The molecule has 0 unspecified atom stereocenters. The number of hydrogen-bond donors (Lipinski definition) is 0. The smallest absolute Gasteiger partial charge is 0.228 e. The van der Waals surface area contributed by atoms with Crippen molar-refractivity contribution in [2.24, 2.45) is 11.8 Å². The van der Waals surface area contributed by atoms with Gasteiger partial charge in [0.05, 0.1) is 13.2 Å². The lowest BCUT2D eigenvalue weighted by atomic mass is 10.1. The van der Waals surface area contributed by atoms with E-state index in [0.29, 0.717) is 25.0 Å². The number of ether oxygens (including phenoxy) is 3. The van der Waals surface area contributed by atoms with E-state index in [2.05, 4.69) is 0 Å². The number of hydrogen-bond acceptors (Lipinski definition) is 3. The molecule has 0 radical (unpaired) electrons. The molecule has 0 aliphatic heterocycles. The van der Waals surface area contributed by atoms with Crippen LogP contribution in [-0.4, -0.2) is 20.1 Å². The maximum Gasteiger partial charge on any atom is 0.228 e. The maximum atomic E-state index is 14.6. The van der Waals surface area contributed by atoms with Gasteiger partial charge in [0.25, 0.3) is 0 Å². The first-order valence-corrected chi connectivity index (χ1v) is 9.04. The predicted molar refractivity (Wildman–Crippen MR) is 87.9 cm³/mol. The number of halogens is 2. The Morgan fingerprint density at radius 2 is 1.29 bits per heavy atom. The van der Waals surface area contributed by atoms with Gasteiger partial charge < -0.3 is 14.2 Å². The molecule has 0 spiro atoms. The SMILES string of the molecule is FCOc1c(OCC2CCCC2)ccc(OCC2CCCC2)c1F. The molecule has 3 nitrogen and oxygen atoms in total. The molecule has 2 fully saturated rings. The monoisotopic (exact) mass is 340 g/mol. The second-order valence-corrected chi connectivity index (χ2v) is 6.88. The fourth-order valence-corrected chi connectivity index (χ4v) is 3.70. The molecule has 2 aliphatic carbocycles. The molecule has 0 amide bonds. The zero-order valence-electron chi connectivity index (χ0n) is 14.1. The lowest BCUT2D eigenvalue weighted by molar-refractivity contribution is 0.164. The zero-order valence-corrected chi connectivity index (χ0v) is 14.1. The summed E-state index contributed by atoms with van der Waals surface area (Å²) in [5.41, 5.74) is 0. The molecule has 0 bridgehead atoms. The quantitative estimate of drug-likeness (QED) is 0.645. The van der Waals surface area contributed by atoms with E-state index in [1.54, 1.807) is 12.1 Å². The molecular formula is C19H26F2O3. The molecule has 0 saturated heterocycles. The fourth-order valence-electron chi connectivity index (χ4n) is 3.70. The van der Waals surface area contributed by atoms with Crippen LogP contribution in [-0.2, 0) is 0 Å². The summed E-state index contributed by atoms with van der Waals surface area (Å²) in [6.45, 7) is -0.0819. The molecule has 0 heterocycles. The van der Waals surface area contributed by atoms with Crippen molar-refractivity contribution in [3.05, 3.63) is 17.9 Å². The minimum absolute atomic E-state index is 0.110. The van der Waals surface area contributed by atoms with Crippen LogP contribution >= 0.6 is 0 Å². The van der Waals surface area contributed by atoms with Crippen molar-refractivity contribution in [3.63, 3.8) is 0 Å². The Kier molecular flexibility index (Phi) is 6.16. The van der Waals surface area contributed by atoms with E-state index >= 15 is 0 Å². The summed E-state index contributed by atoms with van der Waals surface area (Å²) in [7, 11) is 0. The fraction of sp³-hybridized carbons (Fsp3) is 0.684. The Morgan fingerprint density at radius 3 is 1.83 bits per heavy atom. The maximum absolute atomic E-state index is 14.6. The average Bonchev–Trinajstić information content (AvgIpc) is 3.28. The molecule has 3 rings (SSSR count). The Hall–Kier alpha value is -1.52. The van der Waals surface area contributed by atoms with Crippen molar-refractivity contribution in [3.8, 4) is 17.2 Å². The van der Waals surface area contributed by atoms with Crippen LogP contribution in [0.3, 0.4) is 0 Å². The third kappa shape index (κ3) is 4.31. The van der Waals surface area contributed by atoms with E-state index < -0.39 is 12.7 Å². The summed E-state index contributed by atoms with van der Waals surface area (Å²) in [6.07, 6.45) is 9.35. The highest BCUT2D eigenvalue weighted by Crippen LogP contribution is 2.38. The van der Waals surface area contributed by atoms with Crippen LogP contribution in [0.15, 0.2) is 12.1 Å². The molecule has 1 aromatic rings. The third-order valence-electron chi connectivity index (χ3n) is 5.12. The van der Waals surface area contributed by atoms with Crippen molar-refractivity contribution in [2.75, 3.05) is 20.1 Å². The first-order valence-electron chi connectivity index (χ1n) is 9.04. The van der Waals surface area contributed by atoms with Gasteiger partial charge in [-0.2, -0.15) is 4.39 Å². The molecule has 2 aliphatic rings. The van der Waals surface area contributed by atoms with Crippen molar-refractivity contribution in [2.45, 2.75) is 51.4 Å². The largest absolute Gasteiger partial charge is 0.490 e. The number of rotatable bonds is 8. The van der Waals surface area contributed by atoms with Gasteiger partial charge in [0.2, 0.25) is 18.4 Å². The lowest BCUT2D eigenvalue weighted by Gasteiger charge is -2.17. The highest BCUT2D eigenvalue weighted by atomic mass is 19.1. The van der Waals surface area contributed by atoms with Crippen molar-refractivity contribution in [1.82, 2.24) is 0 Å². The highest BCUT2D eigenvalue weighted by Gasteiger charge is 2.22. The van der Waals surface area contributed by atoms with E-state index in [0.717, 1.165) is 25.7 Å². The van der Waals surface area contributed by atoms with Gasteiger partial charge in [-0.1, -0.05) is 25.7 Å². The Labute approximate surface area is 142 Å². The van der Waals surface area contributed by atoms with E-state index in [1.807, 2.05) is 0 Å². The van der Waals surface area contributed by atoms with Gasteiger partial charge in [-0.05, 0) is 49.7 Å². The zero-order chi connectivity index (χ0) is 16.8. The second-order valence-electron chi connectivity index (χ2n) is 6.88. The standard InChI is InChI=1S/C19H26F2O3/c20-13-24-19-17(23-12-15-7-3-4-8-15)10-9-16(18(19)21)22-11-14-5-1-2-6-14/h9-10,14-15H,1-8,11-13H2. The molecule has 5 heteroatoms. The van der Waals surface area contributed by atoms with E-state index in [-0.39, 0.29) is 17.2 Å². The van der Waals surface area contributed by atoms with Gasteiger partial charge in [0.1, 0.15) is 0 Å². The Balaban J connectivity index is 1.65. The summed E-state index contributed by atoms with van der Waals surface area (Å²) in [5.74, 6) is 0.482. The molecule has 0 aromatic heterocycles. The average molecular weight is 340 g/mol. The van der Waals surface area contributed by atoms with Crippen LogP contribution in [0.4, 0.5) is 8.78 Å². The molecule has 1 aromatic carbocycles. The number of alkyl halides is 1. The van der Waals surface area contributed by atoms with Gasteiger partial charge in [0, 0.05) is 0 Å². The molecule has 0 N–H and O–H groups in total.